The summed E-state index contributed by atoms with van der Waals surface area (Å²) >= 11 is 0. The van der Waals surface area contributed by atoms with Gasteiger partial charge in [0.15, 0.2) is 0 Å². The molecule has 0 aromatic carbocycles. The summed E-state index contributed by atoms with van der Waals surface area (Å²) < 4.78 is 5.07. The van der Waals surface area contributed by atoms with E-state index in [-0.39, 0.29) is 6.04 Å². The van der Waals surface area contributed by atoms with Crippen molar-refractivity contribution >= 4 is 11.7 Å². The summed E-state index contributed by atoms with van der Waals surface area (Å²) in [4.78, 5) is 15.3. The zero-order valence-electron chi connectivity index (χ0n) is 9.85. The molecular formula is C11H18N4O2. The number of carbonyl (C=O) groups is 1. The monoisotopic (exact) mass is 238 g/mol. The molecule has 0 spiro atoms. The highest BCUT2D eigenvalue weighted by Gasteiger charge is 2.13. The minimum absolute atomic E-state index is 0.0120. The van der Waals surface area contributed by atoms with Crippen LogP contribution in [0.2, 0.25) is 0 Å². The Hall–Kier alpha value is -1.66. The molecule has 0 aliphatic rings. The van der Waals surface area contributed by atoms with Crippen molar-refractivity contribution < 1.29 is 9.53 Å². The maximum atomic E-state index is 11.2. The van der Waals surface area contributed by atoms with Gasteiger partial charge in [-0.25, -0.2) is 4.98 Å². The van der Waals surface area contributed by atoms with Crippen LogP contribution in [0.1, 0.15) is 16.8 Å². The molecular weight excluding hydrogens is 220 g/mol. The molecule has 6 heteroatoms. The van der Waals surface area contributed by atoms with E-state index in [1.165, 1.54) is 0 Å². The molecule has 0 aliphatic heterocycles. The fourth-order valence-electron chi connectivity index (χ4n) is 1.51. The highest BCUT2D eigenvalue weighted by Crippen LogP contribution is 2.12. The fourth-order valence-corrected chi connectivity index (χ4v) is 1.51. The molecule has 0 aliphatic carbocycles. The second-order valence-corrected chi connectivity index (χ2v) is 3.64. The van der Waals surface area contributed by atoms with Crippen LogP contribution in [0.5, 0.6) is 0 Å². The molecule has 0 radical (unpaired) electrons. The molecule has 0 fully saturated rings. The SMILES string of the molecule is COCC(CCN)Nc1ncccc1C(N)=O. The van der Waals surface area contributed by atoms with E-state index in [0.29, 0.717) is 24.5 Å². The van der Waals surface area contributed by atoms with Gasteiger partial charge in [-0.3, -0.25) is 4.79 Å². The van der Waals surface area contributed by atoms with E-state index in [1.807, 2.05) is 0 Å². The number of hydrogen-bond donors (Lipinski definition) is 3. The smallest absolute Gasteiger partial charge is 0.252 e. The zero-order valence-corrected chi connectivity index (χ0v) is 9.85. The molecule has 1 aromatic rings. The van der Waals surface area contributed by atoms with Crippen LogP contribution < -0.4 is 16.8 Å². The number of anilines is 1. The molecule has 1 unspecified atom stereocenters. The van der Waals surface area contributed by atoms with E-state index >= 15 is 0 Å². The molecule has 94 valence electrons. The van der Waals surface area contributed by atoms with Gasteiger partial charge in [0, 0.05) is 13.3 Å². The van der Waals surface area contributed by atoms with Gasteiger partial charge < -0.3 is 21.5 Å². The average molecular weight is 238 g/mol. The summed E-state index contributed by atoms with van der Waals surface area (Å²) in [5, 5.41) is 3.11. The van der Waals surface area contributed by atoms with Gasteiger partial charge in [-0.05, 0) is 25.1 Å². The van der Waals surface area contributed by atoms with Crippen LogP contribution in [-0.4, -0.2) is 37.2 Å². The average Bonchev–Trinajstić information content (AvgIpc) is 2.30. The van der Waals surface area contributed by atoms with E-state index in [4.69, 9.17) is 16.2 Å². The molecule has 6 nitrogen and oxygen atoms in total. The summed E-state index contributed by atoms with van der Waals surface area (Å²) in [6.07, 6.45) is 2.32. The number of ether oxygens (including phenoxy) is 1. The number of hydrogen-bond acceptors (Lipinski definition) is 5. The van der Waals surface area contributed by atoms with Crippen LogP contribution in [0.3, 0.4) is 0 Å². The van der Waals surface area contributed by atoms with Crippen molar-refractivity contribution in [3.05, 3.63) is 23.9 Å². The van der Waals surface area contributed by atoms with Gasteiger partial charge in [-0.1, -0.05) is 0 Å². The summed E-state index contributed by atoms with van der Waals surface area (Å²) in [6.45, 7) is 1.02. The van der Waals surface area contributed by atoms with Gasteiger partial charge in [-0.15, -0.1) is 0 Å². The highest BCUT2D eigenvalue weighted by atomic mass is 16.5. The van der Waals surface area contributed by atoms with Crippen molar-refractivity contribution in [2.45, 2.75) is 12.5 Å². The predicted molar refractivity (Wildman–Crippen MR) is 65.7 cm³/mol. The lowest BCUT2D eigenvalue weighted by Gasteiger charge is -2.18. The normalized spacial score (nSPS) is 12.1. The number of aromatic nitrogens is 1. The Morgan fingerprint density at radius 3 is 3.00 bits per heavy atom. The number of primary amides is 1. The van der Waals surface area contributed by atoms with Crippen molar-refractivity contribution in [3.63, 3.8) is 0 Å². The summed E-state index contributed by atoms with van der Waals surface area (Å²) in [5.74, 6) is -0.0417. The Morgan fingerprint density at radius 1 is 1.65 bits per heavy atom. The Kier molecular flexibility index (Phi) is 5.38. The first kappa shape index (κ1) is 13.4. The number of methoxy groups -OCH3 is 1. The number of pyridine rings is 1. The predicted octanol–water partition coefficient (Wildman–Crippen LogP) is -0.0438. The summed E-state index contributed by atoms with van der Waals surface area (Å²) in [7, 11) is 1.61. The molecule has 1 aromatic heterocycles. The molecule has 1 atom stereocenters. The van der Waals surface area contributed by atoms with Crippen LogP contribution in [0, 0.1) is 0 Å². The van der Waals surface area contributed by atoms with Crippen LogP contribution in [0.25, 0.3) is 0 Å². The largest absolute Gasteiger partial charge is 0.383 e. The van der Waals surface area contributed by atoms with E-state index in [2.05, 4.69) is 10.3 Å². The number of nitrogens with one attached hydrogen (secondary N) is 1. The third-order valence-electron chi connectivity index (χ3n) is 2.30. The van der Waals surface area contributed by atoms with Crippen LogP contribution in [0.15, 0.2) is 18.3 Å². The third-order valence-corrected chi connectivity index (χ3v) is 2.30. The maximum absolute atomic E-state index is 11.2. The molecule has 5 N–H and O–H groups in total. The molecule has 0 bridgehead atoms. The fraction of sp³-hybridized carbons (Fsp3) is 0.455. The molecule has 1 rings (SSSR count). The Bertz CT molecular complexity index is 364. The number of rotatable bonds is 7. The van der Waals surface area contributed by atoms with Gasteiger partial charge in [0.2, 0.25) is 0 Å². The minimum atomic E-state index is -0.510. The first-order valence-corrected chi connectivity index (χ1v) is 5.39. The number of amides is 1. The van der Waals surface area contributed by atoms with Crippen LogP contribution in [0.4, 0.5) is 5.82 Å². The lowest BCUT2D eigenvalue weighted by atomic mass is 10.2. The number of nitrogens with two attached hydrogens (primary N) is 2. The third kappa shape index (κ3) is 4.01. The van der Waals surface area contributed by atoms with E-state index in [0.717, 1.165) is 6.42 Å². The van der Waals surface area contributed by atoms with Gasteiger partial charge >= 0.3 is 0 Å². The second kappa shape index (κ2) is 6.82. The quantitative estimate of drug-likeness (QED) is 0.618. The van der Waals surface area contributed by atoms with Crippen LogP contribution in [-0.2, 0) is 4.74 Å². The summed E-state index contributed by atoms with van der Waals surface area (Å²) in [5.41, 5.74) is 11.1. The lowest BCUT2D eigenvalue weighted by molar-refractivity contribution is 0.100. The van der Waals surface area contributed by atoms with Gasteiger partial charge in [-0.2, -0.15) is 0 Å². The Labute approximate surface area is 100 Å². The first-order valence-electron chi connectivity index (χ1n) is 5.39. The number of nitrogens with zero attached hydrogens (tertiary/aromatic N) is 1. The van der Waals surface area contributed by atoms with Crippen molar-refractivity contribution in [1.29, 1.82) is 0 Å². The van der Waals surface area contributed by atoms with Gasteiger partial charge in [0.05, 0.1) is 18.2 Å². The minimum Gasteiger partial charge on any atom is -0.383 e. The molecule has 0 saturated carbocycles. The van der Waals surface area contributed by atoms with E-state index in [1.54, 1.807) is 25.4 Å². The highest BCUT2D eigenvalue weighted by molar-refractivity contribution is 5.97. The topological polar surface area (TPSA) is 103 Å². The van der Waals surface area contributed by atoms with Crippen molar-refractivity contribution in [1.82, 2.24) is 4.98 Å². The first-order chi connectivity index (χ1) is 8.19. The molecule has 17 heavy (non-hydrogen) atoms. The lowest BCUT2D eigenvalue weighted by Crippen LogP contribution is -2.29. The number of carbonyl (C=O) groups excluding carboxylic acids is 1. The van der Waals surface area contributed by atoms with Crippen molar-refractivity contribution in [2.75, 3.05) is 25.6 Å². The van der Waals surface area contributed by atoms with Crippen molar-refractivity contribution in [2.24, 2.45) is 11.5 Å². The molecule has 1 amide bonds. The Morgan fingerprint density at radius 2 is 2.41 bits per heavy atom. The second-order valence-electron chi connectivity index (χ2n) is 3.64. The van der Waals surface area contributed by atoms with Crippen LogP contribution >= 0.6 is 0 Å². The maximum Gasteiger partial charge on any atom is 0.252 e. The van der Waals surface area contributed by atoms with Gasteiger partial charge in [0.1, 0.15) is 5.82 Å². The van der Waals surface area contributed by atoms with Gasteiger partial charge in [0.25, 0.3) is 5.91 Å². The zero-order chi connectivity index (χ0) is 12.7. The summed E-state index contributed by atoms with van der Waals surface area (Å²) in [6, 6.07) is 3.31. The van der Waals surface area contributed by atoms with E-state index in [9.17, 15) is 4.79 Å². The van der Waals surface area contributed by atoms with E-state index < -0.39 is 5.91 Å². The molecule has 1 heterocycles. The Balaban J connectivity index is 2.80. The standard InChI is InChI=1S/C11H18N4O2/c1-17-7-8(4-5-12)15-11-9(10(13)16)3-2-6-14-11/h2-3,6,8H,4-5,7,12H2,1H3,(H2,13,16)(H,14,15). The van der Waals surface area contributed by atoms with Crippen molar-refractivity contribution in [3.8, 4) is 0 Å². The molecule has 0 saturated heterocycles.